The van der Waals surface area contributed by atoms with Crippen LogP contribution in [0, 0.1) is 6.92 Å². The number of sulfonamides is 1. The minimum Gasteiger partial charge on any atom is -0.366 e. The highest BCUT2D eigenvalue weighted by Crippen LogP contribution is 2.11. The molecule has 104 valence electrons. The van der Waals surface area contributed by atoms with E-state index in [2.05, 4.69) is 25.2 Å². The molecule has 2 N–H and O–H groups in total. The maximum absolute atomic E-state index is 11.5. The summed E-state index contributed by atoms with van der Waals surface area (Å²) >= 11 is 0. The van der Waals surface area contributed by atoms with Crippen LogP contribution in [0.5, 0.6) is 0 Å². The largest absolute Gasteiger partial charge is 0.366 e. The number of nitrogens with zero attached hydrogens (tertiary/aromatic N) is 4. The standard InChI is InChI=1S/C10H16N6O2S/c1-3-13-19(17,18)7-5-12-9-10-15-14-8(2)16(10)6-4-11-9/h4,6,13H,3,5,7H2,1-2H3,(H,11,12). The molecule has 0 atom stereocenters. The molecule has 0 unspecified atom stereocenters. The summed E-state index contributed by atoms with van der Waals surface area (Å²) in [5, 5.41) is 10.9. The number of hydrogen-bond acceptors (Lipinski definition) is 6. The zero-order valence-electron chi connectivity index (χ0n) is 10.8. The van der Waals surface area contributed by atoms with Crippen molar-refractivity contribution in [3.63, 3.8) is 0 Å². The van der Waals surface area contributed by atoms with Crippen LogP contribution in [0.1, 0.15) is 12.7 Å². The molecule has 9 heteroatoms. The van der Waals surface area contributed by atoms with Crippen molar-refractivity contribution < 1.29 is 8.42 Å². The number of rotatable bonds is 6. The van der Waals surface area contributed by atoms with E-state index in [-0.39, 0.29) is 12.3 Å². The quantitative estimate of drug-likeness (QED) is 0.760. The molecule has 0 aliphatic heterocycles. The van der Waals surface area contributed by atoms with Crippen LogP contribution >= 0.6 is 0 Å². The van der Waals surface area contributed by atoms with E-state index < -0.39 is 10.0 Å². The van der Waals surface area contributed by atoms with Crippen molar-refractivity contribution in [2.45, 2.75) is 13.8 Å². The number of aryl methyl sites for hydroxylation is 1. The fourth-order valence-corrected chi connectivity index (χ4v) is 2.62. The van der Waals surface area contributed by atoms with Crippen LogP contribution in [-0.2, 0) is 10.0 Å². The number of fused-ring (bicyclic) bond motifs is 1. The van der Waals surface area contributed by atoms with Gasteiger partial charge in [0.2, 0.25) is 15.7 Å². The van der Waals surface area contributed by atoms with Gasteiger partial charge in [0.1, 0.15) is 5.82 Å². The molecule has 19 heavy (non-hydrogen) atoms. The molecule has 0 aliphatic rings. The molecule has 0 bridgehead atoms. The maximum atomic E-state index is 11.5. The minimum absolute atomic E-state index is 0.0172. The van der Waals surface area contributed by atoms with Crippen molar-refractivity contribution in [2.24, 2.45) is 0 Å². The lowest BCUT2D eigenvalue weighted by Crippen LogP contribution is -2.29. The first-order chi connectivity index (χ1) is 9.03. The van der Waals surface area contributed by atoms with Crippen LogP contribution in [0.3, 0.4) is 0 Å². The van der Waals surface area contributed by atoms with Gasteiger partial charge < -0.3 is 5.32 Å². The molecule has 2 aromatic rings. The first kappa shape index (κ1) is 13.7. The molecule has 0 fully saturated rings. The van der Waals surface area contributed by atoms with E-state index in [1.807, 2.05) is 6.92 Å². The van der Waals surface area contributed by atoms with E-state index in [0.717, 1.165) is 5.82 Å². The normalized spacial score (nSPS) is 11.9. The molecule has 8 nitrogen and oxygen atoms in total. The molecule has 0 saturated carbocycles. The summed E-state index contributed by atoms with van der Waals surface area (Å²) in [6.45, 7) is 4.22. The van der Waals surface area contributed by atoms with E-state index in [9.17, 15) is 8.42 Å². The number of hydrogen-bond donors (Lipinski definition) is 2. The highest BCUT2D eigenvalue weighted by Gasteiger charge is 2.10. The Morgan fingerprint density at radius 2 is 2.16 bits per heavy atom. The second-order valence-corrected chi connectivity index (χ2v) is 5.89. The topological polar surface area (TPSA) is 101 Å². The Bertz CT molecular complexity index is 666. The molecule has 0 aromatic carbocycles. The van der Waals surface area contributed by atoms with E-state index in [4.69, 9.17) is 0 Å². The second kappa shape index (κ2) is 5.49. The van der Waals surface area contributed by atoms with E-state index >= 15 is 0 Å². The van der Waals surface area contributed by atoms with Crippen molar-refractivity contribution >= 4 is 21.5 Å². The zero-order chi connectivity index (χ0) is 13.9. The predicted octanol–water partition coefficient (Wildman–Crippen LogP) is -0.216. The first-order valence-corrected chi connectivity index (χ1v) is 7.56. The van der Waals surface area contributed by atoms with Gasteiger partial charge in [-0.25, -0.2) is 18.1 Å². The Balaban J connectivity index is 2.06. The van der Waals surface area contributed by atoms with Crippen LogP contribution < -0.4 is 10.0 Å². The van der Waals surface area contributed by atoms with Crippen molar-refractivity contribution in [3.05, 3.63) is 18.2 Å². The molecule has 0 amide bonds. The summed E-state index contributed by atoms with van der Waals surface area (Å²) in [4.78, 5) is 4.14. The van der Waals surface area contributed by atoms with Gasteiger partial charge in [-0.2, -0.15) is 0 Å². The lowest BCUT2D eigenvalue weighted by Gasteiger charge is -2.07. The summed E-state index contributed by atoms with van der Waals surface area (Å²) in [7, 11) is -3.23. The number of nitrogens with one attached hydrogen (secondary N) is 2. The van der Waals surface area contributed by atoms with Crippen molar-refractivity contribution in [2.75, 3.05) is 24.2 Å². The van der Waals surface area contributed by atoms with Gasteiger partial charge in [-0.05, 0) is 6.92 Å². The smallest absolute Gasteiger partial charge is 0.213 e. The Hall–Kier alpha value is -1.74. The highest BCUT2D eigenvalue weighted by molar-refractivity contribution is 7.89. The van der Waals surface area contributed by atoms with E-state index in [1.54, 1.807) is 23.7 Å². The summed E-state index contributed by atoms with van der Waals surface area (Å²) < 4.78 is 27.2. The van der Waals surface area contributed by atoms with Gasteiger partial charge in [0.25, 0.3) is 0 Å². The molecule has 0 radical (unpaired) electrons. The SMILES string of the molecule is CCNS(=O)(=O)CCNc1nccn2c(C)nnc12. The average molecular weight is 284 g/mol. The third kappa shape index (κ3) is 3.18. The molecular formula is C10H16N6O2S. The van der Waals surface area contributed by atoms with Crippen LogP contribution in [0.25, 0.3) is 5.65 Å². The predicted molar refractivity (Wildman–Crippen MR) is 71.5 cm³/mol. The first-order valence-electron chi connectivity index (χ1n) is 5.91. The molecule has 2 rings (SSSR count). The molecule has 0 aliphatic carbocycles. The minimum atomic E-state index is -3.23. The summed E-state index contributed by atoms with van der Waals surface area (Å²) in [6.07, 6.45) is 3.37. The number of anilines is 1. The van der Waals surface area contributed by atoms with Gasteiger partial charge in [0.15, 0.2) is 5.82 Å². The second-order valence-electron chi connectivity index (χ2n) is 3.96. The van der Waals surface area contributed by atoms with Gasteiger partial charge in [-0.1, -0.05) is 6.92 Å². The van der Waals surface area contributed by atoms with Crippen LogP contribution in [-0.4, -0.2) is 46.8 Å². The lowest BCUT2D eigenvalue weighted by molar-refractivity contribution is 0.584. The Labute approximate surface area is 111 Å². The average Bonchev–Trinajstić information content (AvgIpc) is 2.72. The Morgan fingerprint density at radius 1 is 1.37 bits per heavy atom. The third-order valence-corrected chi connectivity index (χ3v) is 4.00. The fourth-order valence-electron chi connectivity index (χ4n) is 1.66. The third-order valence-electron chi connectivity index (χ3n) is 2.52. The summed E-state index contributed by atoms with van der Waals surface area (Å²) in [6, 6.07) is 0. The van der Waals surface area contributed by atoms with Gasteiger partial charge in [0.05, 0.1) is 5.75 Å². The van der Waals surface area contributed by atoms with Crippen molar-refractivity contribution in [1.29, 1.82) is 0 Å². The monoisotopic (exact) mass is 284 g/mol. The lowest BCUT2D eigenvalue weighted by atomic mass is 10.5. The molecule has 2 aromatic heterocycles. The molecule has 2 heterocycles. The molecular weight excluding hydrogens is 268 g/mol. The Kier molecular flexibility index (Phi) is 3.96. The van der Waals surface area contributed by atoms with E-state index in [0.29, 0.717) is 18.0 Å². The number of aromatic nitrogens is 4. The summed E-state index contributed by atoms with van der Waals surface area (Å²) in [5.41, 5.74) is 0.584. The van der Waals surface area contributed by atoms with Crippen LogP contribution in [0.4, 0.5) is 5.82 Å². The van der Waals surface area contributed by atoms with Crippen molar-refractivity contribution in [1.82, 2.24) is 24.3 Å². The zero-order valence-corrected chi connectivity index (χ0v) is 11.6. The van der Waals surface area contributed by atoms with Crippen LogP contribution in [0.2, 0.25) is 0 Å². The summed E-state index contributed by atoms with van der Waals surface area (Å²) in [5.74, 6) is 1.26. The van der Waals surface area contributed by atoms with Gasteiger partial charge in [0, 0.05) is 25.5 Å². The van der Waals surface area contributed by atoms with Crippen LogP contribution in [0.15, 0.2) is 12.4 Å². The van der Waals surface area contributed by atoms with Gasteiger partial charge in [-0.3, -0.25) is 4.40 Å². The fraction of sp³-hybridized carbons (Fsp3) is 0.500. The van der Waals surface area contributed by atoms with Gasteiger partial charge >= 0.3 is 0 Å². The van der Waals surface area contributed by atoms with Gasteiger partial charge in [-0.15, -0.1) is 10.2 Å². The van der Waals surface area contributed by atoms with Crippen molar-refractivity contribution in [3.8, 4) is 0 Å². The molecule has 0 spiro atoms. The molecule has 0 saturated heterocycles. The van der Waals surface area contributed by atoms with E-state index in [1.165, 1.54) is 0 Å². The Morgan fingerprint density at radius 3 is 2.89 bits per heavy atom. The maximum Gasteiger partial charge on any atom is 0.213 e. The highest BCUT2D eigenvalue weighted by atomic mass is 32.2.